The van der Waals surface area contributed by atoms with Gasteiger partial charge in [0.05, 0.1) is 11.3 Å². The third-order valence-electron chi connectivity index (χ3n) is 3.36. The predicted molar refractivity (Wildman–Crippen MR) is 85.5 cm³/mol. The molecule has 1 aromatic heterocycles. The van der Waals surface area contributed by atoms with Gasteiger partial charge in [0, 0.05) is 12.2 Å². The molecule has 0 bridgehead atoms. The van der Waals surface area contributed by atoms with Crippen LogP contribution in [0.25, 0.3) is 0 Å². The molecule has 7 heteroatoms. The summed E-state index contributed by atoms with van der Waals surface area (Å²) in [5, 5.41) is 12.3. The number of hydrogen-bond acceptors (Lipinski definition) is 5. The Labute approximate surface area is 130 Å². The molecule has 0 saturated carbocycles. The predicted octanol–water partition coefficient (Wildman–Crippen LogP) is 1.27. The summed E-state index contributed by atoms with van der Waals surface area (Å²) >= 11 is 0. The van der Waals surface area contributed by atoms with Crippen LogP contribution in [0.4, 0.5) is 11.4 Å². The van der Waals surface area contributed by atoms with Gasteiger partial charge in [0.2, 0.25) is 0 Å². The number of carbonyl (C=O) groups is 1. The Balaban J connectivity index is 1.81. The van der Waals surface area contributed by atoms with Gasteiger partial charge in [-0.1, -0.05) is 30.3 Å². The molecule has 0 spiro atoms. The lowest BCUT2D eigenvalue weighted by atomic mass is 10.1. The molecule has 0 atom stereocenters. The van der Waals surface area contributed by atoms with Crippen LogP contribution >= 0.6 is 0 Å². The molecular weight excluding hydrogens is 298 g/mol. The van der Waals surface area contributed by atoms with E-state index in [0.717, 1.165) is 10.2 Å². The molecule has 0 aliphatic heterocycles. The smallest absolute Gasteiger partial charge is 0.340 e. The Kier molecular flexibility index (Phi) is 3.68. The molecule has 3 N–H and O–H groups in total. The molecule has 0 amide bonds. The summed E-state index contributed by atoms with van der Waals surface area (Å²) in [6, 6.07) is 14.3. The van der Waals surface area contributed by atoms with E-state index < -0.39 is 17.1 Å². The van der Waals surface area contributed by atoms with Gasteiger partial charge >= 0.3 is 17.1 Å². The normalized spacial score (nSPS) is 10.6. The molecule has 0 aliphatic carbocycles. The van der Waals surface area contributed by atoms with Crippen molar-refractivity contribution in [2.45, 2.75) is 6.54 Å². The number of rotatable bonds is 6. The molecule has 3 rings (SSSR count). The maximum atomic E-state index is 11.2. The van der Waals surface area contributed by atoms with E-state index in [0.29, 0.717) is 12.2 Å². The van der Waals surface area contributed by atoms with Crippen molar-refractivity contribution < 1.29 is 9.90 Å². The number of aromatic carboxylic acids is 1. The zero-order valence-electron chi connectivity index (χ0n) is 11.9. The fraction of sp³-hybridized carbons (Fsp3) is 0.0625. The molecule has 3 aromatic rings. The minimum absolute atomic E-state index is 0.0252. The van der Waals surface area contributed by atoms with Crippen molar-refractivity contribution in [2.75, 3.05) is 10.7 Å². The number of nitrogens with zero attached hydrogens (tertiary/aromatic N) is 1. The van der Waals surface area contributed by atoms with Gasteiger partial charge in [-0.3, -0.25) is 15.0 Å². The van der Waals surface area contributed by atoms with Gasteiger partial charge in [-0.15, -0.1) is 0 Å². The van der Waals surface area contributed by atoms with Crippen LogP contribution in [0.3, 0.4) is 0 Å². The Bertz CT molecular complexity index is 898. The average Bonchev–Trinajstić information content (AvgIpc) is 3.12. The summed E-state index contributed by atoms with van der Waals surface area (Å²) in [4.78, 5) is 33.3. The molecule has 0 fully saturated rings. The summed E-state index contributed by atoms with van der Waals surface area (Å²) < 4.78 is 0.767. The maximum Gasteiger partial charge on any atom is 0.340 e. The molecule has 1 heterocycles. The third kappa shape index (κ3) is 3.13. The fourth-order valence-corrected chi connectivity index (χ4v) is 2.09. The Morgan fingerprint density at radius 3 is 2.35 bits per heavy atom. The average molecular weight is 311 g/mol. The third-order valence-corrected chi connectivity index (χ3v) is 3.36. The molecule has 2 aromatic carbocycles. The van der Waals surface area contributed by atoms with Gasteiger partial charge in [0.15, 0.2) is 0 Å². The highest BCUT2D eigenvalue weighted by Gasteiger charge is 2.19. The van der Waals surface area contributed by atoms with Gasteiger partial charge < -0.3 is 10.4 Å². The van der Waals surface area contributed by atoms with E-state index in [1.807, 2.05) is 30.3 Å². The second kappa shape index (κ2) is 5.80. The highest BCUT2D eigenvalue weighted by atomic mass is 16.4. The van der Waals surface area contributed by atoms with E-state index >= 15 is 0 Å². The van der Waals surface area contributed by atoms with Crippen LogP contribution in [-0.4, -0.2) is 15.8 Å². The van der Waals surface area contributed by atoms with Crippen molar-refractivity contribution in [1.29, 1.82) is 0 Å². The van der Waals surface area contributed by atoms with Crippen molar-refractivity contribution in [3.8, 4) is 0 Å². The van der Waals surface area contributed by atoms with Gasteiger partial charge in [-0.2, -0.15) is 4.68 Å². The van der Waals surface area contributed by atoms with Gasteiger partial charge in [0.1, 0.15) is 0 Å². The van der Waals surface area contributed by atoms with Crippen LogP contribution in [0.15, 0.2) is 58.1 Å². The van der Waals surface area contributed by atoms with Crippen LogP contribution in [0.5, 0.6) is 0 Å². The van der Waals surface area contributed by atoms with Gasteiger partial charge in [-0.25, -0.2) is 4.79 Å². The molecule has 0 unspecified atom stereocenters. The number of carboxylic acids is 1. The van der Waals surface area contributed by atoms with Gasteiger partial charge in [-0.05, 0) is 23.8 Å². The highest BCUT2D eigenvalue weighted by molar-refractivity contribution is 5.95. The molecule has 23 heavy (non-hydrogen) atoms. The zero-order valence-corrected chi connectivity index (χ0v) is 11.9. The standard InChI is InChI=1S/C16H13N3O4/c20-14-15(21)19(14)18-13-8-11(6-7-12(13)16(22)23)17-9-10-4-2-1-3-5-10/h1-8,17-18H,9H2,(H,22,23). The SMILES string of the molecule is O=C(O)c1ccc(NCc2ccccc2)cc1Nn1c(=O)c1=O. The number of hydrogen-bond donors (Lipinski definition) is 3. The second-order valence-electron chi connectivity index (χ2n) is 4.96. The molecule has 116 valence electrons. The first kappa shape index (κ1) is 14.6. The molecule has 0 saturated heterocycles. The summed E-state index contributed by atoms with van der Waals surface area (Å²) in [7, 11) is 0. The van der Waals surface area contributed by atoms with Crippen molar-refractivity contribution in [3.05, 3.63) is 80.4 Å². The first-order valence-corrected chi connectivity index (χ1v) is 6.86. The molecule has 7 nitrogen and oxygen atoms in total. The highest BCUT2D eigenvalue weighted by Crippen LogP contribution is 2.21. The minimum Gasteiger partial charge on any atom is -0.478 e. The summed E-state index contributed by atoms with van der Waals surface area (Å²) in [5.74, 6) is -1.15. The number of benzene rings is 2. The topological polar surface area (TPSA) is 100 Å². The van der Waals surface area contributed by atoms with Crippen molar-refractivity contribution in [3.63, 3.8) is 0 Å². The van der Waals surface area contributed by atoms with Gasteiger partial charge in [0.25, 0.3) is 0 Å². The molecule has 0 aliphatic rings. The summed E-state index contributed by atoms with van der Waals surface area (Å²) in [6.07, 6.45) is 0. The van der Waals surface area contributed by atoms with Crippen LogP contribution in [0, 0.1) is 0 Å². The minimum atomic E-state index is -1.15. The summed E-state index contributed by atoms with van der Waals surface area (Å²) in [5.41, 5.74) is 3.03. The Morgan fingerprint density at radius 1 is 1.04 bits per heavy atom. The van der Waals surface area contributed by atoms with Crippen LogP contribution in [-0.2, 0) is 6.54 Å². The Hall–Kier alpha value is -3.35. The quantitative estimate of drug-likeness (QED) is 0.593. The van der Waals surface area contributed by atoms with Crippen LogP contribution < -0.4 is 21.9 Å². The van der Waals surface area contributed by atoms with E-state index in [1.54, 1.807) is 12.1 Å². The van der Waals surface area contributed by atoms with E-state index in [-0.39, 0.29) is 11.3 Å². The lowest BCUT2D eigenvalue weighted by Gasteiger charge is -2.11. The largest absolute Gasteiger partial charge is 0.478 e. The van der Waals surface area contributed by atoms with Crippen LogP contribution in [0.2, 0.25) is 0 Å². The van der Waals surface area contributed by atoms with Crippen molar-refractivity contribution >= 4 is 17.3 Å². The lowest BCUT2D eigenvalue weighted by molar-refractivity contribution is 0.0698. The van der Waals surface area contributed by atoms with E-state index in [4.69, 9.17) is 0 Å². The first-order valence-electron chi connectivity index (χ1n) is 6.86. The zero-order chi connectivity index (χ0) is 16.4. The monoisotopic (exact) mass is 311 g/mol. The number of anilines is 2. The number of carboxylic acid groups (broad SMARTS) is 1. The second-order valence-corrected chi connectivity index (χ2v) is 4.96. The summed E-state index contributed by atoms with van der Waals surface area (Å²) in [6.45, 7) is 0.564. The first-order chi connectivity index (χ1) is 11.1. The van der Waals surface area contributed by atoms with Crippen LogP contribution in [0.1, 0.15) is 15.9 Å². The lowest BCUT2D eigenvalue weighted by Crippen LogP contribution is -2.12. The van der Waals surface area contributed by atoms with Crippen molar-refractivity contribution in [1.82, 2.24) is 4.68 Å². The Morgan fingerprint density at radius 2 is 1.74 bits per heavy atom. The number of aromatic nitrogens is 1. The molecule has 0 radical (unpaired) electrons. The van der Waals surface area contributed by atoms with E-state index in [1.165, 1.54) is 6.07 Å². The van der Waals surface area contributed by atoms with E-state index in [2.05, 4.69) is 10.7 Å². The van der Waals surface area contributed by atoms with Crippen molar-refractivity contribution in [2.24, 2.45) is 0 Å². The fourth-order valence-electron chi connectivity index (χ4n) is 2.09. The maximum absolute atomic E-state index is 11.2. The van der Waals surface area contributed by atoms with E-state index in [9.17, 15) is 19.5 Å². The number of nitrogens with one attached hydrogen (secondary N) is 2. The molecular formula is C16H13N3O4.